The van der Waals surface area contributed by atoms with Crippen molar-refractivity contribution in [1.29, 1.82) is 0 Å². The molecule has 0 saturated carbocycles. The molecule has 0 spiro atoms. The number of hydrogen-bond acceptors (Lipinski definition) is 7. The molecule has 7 nitrogen and oxygen atoms in total. The van der Waals surface area contributed by atoms with E-state index in [1.165, 1.54) is 11.3 Å². The van der Waals surface area contributed by atoms with Gasteiger partial charge < -0.3 is 20.9 Å². The second-order valence-corrected chi connectivity index (χ2v) is 5.31. The van der Waals surface area contributed by atoms with Crippen molar-refractivity contribution < 1.29 is 9.32 Å². The van der Waals surface area contributed by atoms with Crippen molar-refractivity contribution in [1.82, 2.24) is 10.1 Å². The first-order chi connectivity index (χ1) is 8.95. The molecule has 4 N–H and O–H groups in total. The number of nitrogens with zero attached hydrogens (tertiary/aromatic N) is 2. The molecule has 0 atom stereocenters. The van der Waals surface area contributed by atoms with Crippen LogP contribution in [-0.2, 0) is 0 Å². The molecule has 0 bridgehead atoms. The molecule has 2 aromatic heterocycles. The summed E-state index contributed by atoms with van der Waals surface area (Å²) in [5.74, 6) is 0.828. The Bertz CT molecular complexity index is 590. The van der Waals surface area contributed by atoms with Crippen molar-refractivity contribution in [3.05, 3.63) is 16.7 Å². The Hall–Kier alpha value is -2.09. The average molecular weight is 281 g/mol. The van der Waals surface area contributed by atoms with Crippen LogP contribution >= 0.6 is 11.3 Å². The van der Waals surface area contributed by atoms with Gasteiger partial charge >= 0.3 is 0 Å². The fourth-order valence-corrected chi connectivity index (χ4v) is 2.33. The standard InChI is InChI=1S/C11H15N5O2S/c1-5(2)13-11-15-9(12)8(19-11)10(17)14-7-4-6(3)18-16-7/h4-5H,12H2,1-3H3,(H,13,15)(H,14,16,17). The molecular weight excluding hydrogens is 266 g/mol. The number of amides is 1. The minimum Gasteiger partial charge on any atom is -0.382 e. The summed E-state index contributed by atoms with van der Waals surface area (Å²) < 4.78 is 4.87. The summed E-state index contributed by atoms with van der Waals surface area (Å²) in [5.41, 5.74) is 5.73. The van der Waals surface area contributed by atoms with Crippen molar-refractivity contribution in [3.8, 4) is 0 Å². The first-order valence-corrected chi connectivity index (χ1v) is 6.55. The summed E-state index contributed by atoms with van der Waals surface area (Å²) in [6, 6.07) is 1.85. The number of carbonyl (C=O) groups is 1. The molecule has 0 saturated heterocycles. The van der Waals surface area contributed by atoms with Gasteiger partial charge in [-0.1, -0.05) is 16.5 Å². The molecule has 2 heterocycles. The monoisotopic (exact) mass is 281 g/mol. The van der Waals surface area contributed by atoms with E-state index in [4.69, 9.17) is 10.3 Å². The Morgan fingerprint density at radius 1 is 1.53 bits per heavy atom. The van der Waals surface area contributed by atoms with Crippen LogP contribution in [0.5, 0.6) is 0 Å². The number of aryl methyl sites for hydroxylation is 1. The maximum atomic E-state index is 12.0. The minimum absolute atomic E-state index is 0.200. The molecule has 0 radical (unpaired) electrons. The fraction of sp³-hybridized carbons (Fsp3) is 0.364. The zero-order chi connectivity index (χ0) is 14.0. The van der Waals surface area contributed by atoms with Crippen molar-refractivity contribution in [2.24, 2.45) is 0 Å². The van der Waals surface area contributed by atoms with E-state index in [0.29, 0.717) is 21.6 Å². The third kappa shape index (κ3) is 3.22. The molecule has 0 fully saturated rings. The number of hydrogen-bond donors (Lipinski definition) is 3. The van der Waals surface area contributed by atoms with Crippen LogP contribution < -0.4 is 16.4 Å². The van der Waals surface area contributed by atoms with Gasteiger partial charge in [-0.2, -0.15) is 0 Å². The molecule has 1 amide bonds. The van der Waals surface area contributed by atoms with Crippen LogP contribution in [0.1, 0.15) is 29.3 Å². The normalized spacial score (nSPS) is 10.7. The van der Waals surface area contributed by atoms with Crippen LogP contribution in [0.25, 0.3) is 0 Å². The first kappa shape index (κ1) is 13.3. The van der Waals surface area contributed by atoms with Crippen LogP contribution in [0.15, 0.2) is 10.6 Å². The van der Waals surface area contributed by atoms with Gasteiger partial charge in [-0.15, -0.1) is 0 Å². The van der Waals surface area contributed by atoms with E-state index < -0.39 is 0 Å². The van der Waals surface area contributed by atoms with Crippen LogP contribution in [0.4, 0.5) is 16.8 Å². The molecule has 0 aliphatic rings. The van der Waals surface area contributed by atoms with E-state index in [1.54, 1.807) is 13.0 Å². The second kappa shape index (κ2) is 5.27. The van der Waals surface area contributed by atoms with E-state index in [1.807, 2.05) is 13.8 Å². The summed E-state index contributed by atoms with van der Waals surface area (Å²) in [6.45, 7) is 5.71. The molecule has 2 rings (SSSR count). The topological polar surface area (TPSA) is 106 Å². The first-order valence-electron chi connectivity index (χ1n) is 5.73. The molecule has 0 unspecified atom stereocenters. The van der Waals surface area contributed by atoms with Gasteiger partial charge in [0.05, 0.1) is 0 Å². The van der Waals surface area contributed by atoms with Crippen LogP contribution in [0, 0.1) is 6.92 Å². The van der Waals surface area contributed by atoms with E-state index in [0.717, 1.165) is 0 Å². The molecule has 19 heavy (non-hydrogen) atoms. The zero-order valence-corrected chi connectivity index (χ0v) is 11.7. The lowest BCUT2D eigenvalue weighted by atomic mass is 10.4. The lowest BCUT2D eigenvalue weighted by Crippen LogP contribution is -2.12. The molecule has 102 valence electrons. The highest BCUT2D eigenvalue weighted by Crippen LogP contribution is 2.26. The Kier molecular flexibility index (Phi) is 3.70. The minimum atomic E-state index is -0.347. The second-order valence-electron chi connectivity index (χ2n) is 4.31. The smallest absolute Gasteiger partial charge is 0.270 e. The Morgan fingerprint density at radius 3 is 2.84 bits per heavy atom. The quantitative estimate of drug-likeness (QED) is 0.792. The van der Waals surface area contributed by atoms with Gasteiger partial charge in [0.2, 0.25) is 0 Å². The van der Waals surface area contributed by atoms with E-state index in [9.17, 15) is 4.79 Å². The van der Waals surface area contributed by atoms with Crippen LogP contribution in [-0.4, -0.2) is 22.1 Å². The molecule has 0 aromatic carbocycles. The van der Waals surface area contributed by atoms with Gasteiger partial charge in [0, 0.05) is 12.1 Å². The van der Waals surface area contributed by atoms with Gasteiger partial charge in [-0.25, -0.2) is 4.98 Å². The highest BCUT2D eigenvalue weighted by atomic mass is 32.1. The summed E-state index contributed by atoms with van der Waals surface area (Å²) in [6.07, 6.45) is 0. The molecule has 2 aromatic rings. The van der Waals surface area contributed by atoms with Crippen LogP contribution in [0.3, 0.4) is 0 Å². The van der Waals surface area contributed by atoms with Gasteiger partial charge in [-0.3, -0.25) is 4.79 Å². The number of nitrogens with one attached hydrogen (secondary N) is 2. The average Bonchev–Trinajstić information content (AvgIpc) is 2.84. The Balaban J connectivity index is 2.12. The molecule has 0 aliphatic carbocycles. The number of anilines is 3. The van der Waals surface area contributed by atoms with Gasteiger partial charge in [0.25, 0.3) is 5.91 Å². The SMILES string of the molecule is Cc1cc(NC(=O)c2sc(NC(C)C)nc2N)no1. The van der Waals surface area contributed by atoms with Crippen molar-refractivity contribution in [2.45, 2.75) is 26.8 Å². The third-order valence-corrected chi connectivity index (χ3v) is 3.14. The lowest BCUT2D eigenvalue weighted by molar-refractivity contribution is 0.103. The molecule has 0 aliphatic heterocycles. The maximum Gasteiger partial charge on any atom is 0.270 e. The lowest BCUT2D eigenvalue weighted by Gasteiger charge is -2.03. The number of thiazole rings is 1. The summed E-state index contributed by atoms with van der Waals surface area (Å²) in [5, 5.41) is 10.0. The number of aromatic nitrogens is 2. The Labute approximate surface area is 114 Å². The van der Waals surface area contributed by atoms with E-state index >= 15 is 0 Å². The molecular formula is C11H15N5O2S. The third-order valence-electron chi connectivity index (χ3n) is 2.14. The summed E-state index contributed by atoms with van der Waals surface area (Å²) >= 11 is 1.20. The summed E-state index contributed by atoms with van der Waals surface area (Å²) in [4.78, 5) is 16.5. The van der Waals surface area contributed by atoms with Crippen molar-refractivity contribution in [3.63, 3.8) is 0 Å². The van der Waals surface area contributed by atoms with Crippen LogP contribution in [0.2, 0.25) is 0 Å². The zero-order valence-electron chi connectivity index (χ0n) is 10.9. The van der Waals surface area contributed by atoms with Crippen molar-refractivity contribution in [2.75, 3.05) is 16.4 Å². The number of carbonyl (C=O) groups excluding carboxylic acids is 1. The predicted octanol–water partition coefficient (Wildman–Crippen LogP) is 2.09. The number of nitrogen functional groups attached to an aromatic ring is 1. The highest BCUT2D eigenvalue weighted by molar-refractivity contribution is 7.18. The molecule has 8 heteroatoms. The fourth-order valence-electron chi connectivity index (χ4n) is 1.40. The largest absolute Gasteiger partial charge is 0.382 e. The Morgan fingerprint density at radius 2 is 2.26 bits per heavy atom. The van der Waals surface area contributed by atoms with Gasteiger partial charge in [0.15, 0.2) is 10.9 Å². The van der Waals surface area contributed by atoms with E-state index in [2.05, 4.69) is 20.8 Å². The van der Waals surface area contributed by atoms with Gasteiger partial charge in [-0.05, 0) is 20.8 Å². The highest BCUT2D eigenvalue weighted by Gasteiger charge is 2.17. The van der Waals surface area contributed by atoms with Gasteiger partial charge in [0.1, 0.15) is 16.5 Å². The maximum absolute atomic E-state index is 12.0. The predicted molar refractivity (Wildman–Crippen MR) is 74.5 cm³/mol. The number of rotatable bonds is 4. The van der Waals surface area contributed by atoms with E-state index in [-0.39, 0.29) is 17.8 Å². The summed E-state index contributed by atoms with van der Waals surface area (Å²) in [7, 11) is 0. The van der Waals surface area contributed by atoms with Crippen molar-refractivity contribution >= 4 is 34.0 Å². The number of nitrogens with two attached hydrogens (primary N) is 1.